The quantitative estimate of drug-likeness (QED) is 0.795. The zero-order valence-electron chi connectivity index (χ0n) is 10.6. The van der Waals surface area contributed by atoms with Crippen molar-refractivity contribution in [3.63, 3.8) is 0 Å². The highest BCUT2D eigenvalue weighted by molar-refractivity contribution is 5.17. The maximum atomic E-state index is 13.1. The van der Waals surface area contributed by atoms with Crippen LogP contribution in [0.4, 0.5) is 4.39 Å². The van der Waals surface area contributed by atoms with E-state index in [1.54, 1.807) is 18.3 Å². The van der Waals surface area contributed by atoms with Crippen molar-refractivity contribution in [2.24, 2.45) is 0 Å². The molecule has 3 nitrogen and oxygen atoms in total. The monoisotopic (exact) mass is 247 g/mol. The second-order valence-electron chi connectivity index (χ2n) is 4.28. The number of halogens is 1. The van der Waals surface area contributed by atoms with Crippen LogP contribution >= 0.6 is 0 Å². The molecule has 0 fully saturated rings. The van der Waals surface area contributed by atoms with Gasteiger partial charge in [0.05, 0.1) is 6.54 Å². The van der Waals surface area contributed by atoms with Gasteiger partial charge in [-0.2, -0.15) is 0 Å². The lowest BCUT2D eigenvalue weighted by atomic mass is 10.2. The number of nitrogens with one attached hydrogen (secondary N) is 1. The highest BCUT2D eigenvalue weighted by Crippen LogP contribution is 2.07. The molecular formula is C14H18FN3. The number of imidazole rings is 1. The van der Waals surface area contributed by atoms with Crippen LogP contribution in [0.1, 0.15) is 24.7 Å². The molecule has 1 aromatic carbocycles. The largest absolute Gasteiger partial charge is 0.329 e. The molecule has 96 valence electrons. The second-order valence-corrected chi connectivity index (χ2v) is 4.28. The molecule has 0 unspecified atom stereocenters. The Hall–Kier alpha value is -1.68. The van der Waals surface area contributed by atoms with E-state index in [1.165, 1.54) is 6.07 Å². The van der Waals surface area contributed by atoms with Gasteiger partial charge in [0, 0.05) is 18.9 Å². The van der Waals surface area contributed by atoms with Gasteiger partial charge in [-0.05, 0) is 30.7 Å². The van der Waals surface area contributed by atoms with Gasteiger partial charge in [-0.3, -0.25) is 0 Å². The first-order chi connectivity index (χ1) is 8.79. The Morgan fingerprint density at radius 2 is 2.28 bits per heavy atom. The zero-order chi connectivity index (χ0) is 12.8. The van der Waals surface area contributed by atoms with Gasteiger partial charge in [0.25, 0.3) is 0 Å². The van der Waals surface area contributed by atoms with Crippen LogP contribution in [0.25, 0.3) is 0 Å². The van der Waals surface area contributed by atoms with Gasteiger partial charge in [-0.1, -0.05) is 19.1 Å². The maximum Gasteiger partial charge on any atom is 0.123 e. The van der Waals surface area contributed by atoms with Gasteiger partial charge in [0.2, 0.25) is 0 Å². The van der Waals surface area contributed by atoms with Gasteiger partial charge in [0.1, 0.15) is 11.6 Å². The van der Waals surface area contributed by atoms with Crippen LogP contribution in [0.5, 0.6) is 0 Å². The summed E-state index contributed by atoms with van der Waals surface area (Å²) in [6.45, 7) is 4.51. The van der Waals surface area contributed by atoms with Gasteiger partial charge < -0.3 is 9.88 Å². The Kier molecular flexibility index (Phi) is 4.47. The van der Waals surface area contributed by atoms with Crippen molar-refractivity contribution < 1.29 is 4.39 Å². The summed E-state index contributed by atoms with van der Waals surface area (Å²) in [5, 5.41) is 3.32. The van der Waals surface area contributed by atoms with Crippen molar-refractivity contribution in [2.45, 2.75) is 26.4 Å². The molecule has 0 amide bonds. The minimum Gasteiger partial charge on any atom is -0.329 e. The van der Waals surface area contributed by atoms with E-state index >= 15 is 0 Å². The molecule has 4 heteroatoms. The molecule has 0 saturated carbocycles. The van der Waals surface area contributed by atoms with Crippen LogP contribution in [0.2, 0.25) is 0 Å². The first kappa shape index (κ1) is 12.8. The third kappa shape index (κ3) is 3.40. The Morgan fingerprint density at radius 3 is 3.06 bits per heavy atom. The highest BCUT2D eigenvalue weighted by Gasteiger charge is 2.03. The minimum absolute atomic E-state index is 0.196. The summed E-state index contributed by atoms with van der Waals surface area (Å²) >= 11 is 0. The maximum absolute atomic E-state index is 13.1. The predicted octanol–water partition coefficient (Wildman–Crippen LogP) is 2.57. The molecular weight excluding hydrogens is 229 g/mol. The van der Waals surface area contributed by atoms with E-state index in [-0.39, 0.29) is 5.82 Å². The number of aromatic nitrogens is 2. The molecule has 0 bridgehead atoms. The summed E-state index contributed by atoms with van der Waals surface area (Å²) in [6, 6.07) is 6.67. The van der Waals surface area contributed by atoms with Crippen LogP contribution in [-0.4, -0.2) is 16.1 Å². The Bertz CT molecular complexity index is 493. The average Bonchev–Trinajstić information content (AvgIpc) is 2.77. The fourth-order valence-electron chi connectivity index (χ4n) is 1.86. The van der Waals surface area contributed by atoms with Crippen molar-refractivity contribution >= 4 is 0 Å². The lowest BCUT2D eigenvalue weighted by molar-refractivity contribution is 0.607. The molecule has 0 aliphatic heterocycles. The summed E-state index contributed by atoms with van der Waals surface area (Å²) in [6.07, 6.45) is 4.81. The van der Waals surface area contributed by atoms with Gasteiger partial charge >= 0.3 is 0 Å². The fourth-order valence-corrected chi connectivity index (χ4v) is 1.86. The number of hydrogen-bond donors (Lipinski definition) is 1. The molecule has 0 spiro atoms. The van der Waals surface area contributed by atoms with Crippen LogP contribution in [0.15, 0.2) is 36.7 Å². The molecule has 18 heavy (non-hydrogen) atoms. The Morgan fingerprint density at radius 1 is 1.39 bits per heavy atom. The summed E-state index contributed by atoms with van der Waals surface area (Å²) in [5.41, 5.74) is 0.949. The summed E-state index contributed by atoms with van der Waals surface area (Å²) in [5.74, 6) is 0.783. The first-order valence-electron chi connectivity index (χ1n) is 6.24. The van der Waals surface area contributed by atoms with Crippen LogP contribution < -0.4 is 5.32 Å². The number of nitrogens with zero attached hydrogens (tertiary/aromatic N) is 2. The number of benzene rings is 1. The first-order valence-corrected chi connectivity index (χ1v) is 6.24. The molecule has 0 aliphatic rings. The van der Waals surface area contributed by atoms with E-state index in [1.807, 2.05) is 16.8 Å². The van der Waals surface area contributed by atoms with Crippen LogP contribution in [0.3, 0.4) is 0 Å². The lowest BCUT2D eigenvalue weighted by Crippen LogP contribution is -2.17. The van der Waals surface area contributed by atoms with Crippen molar-refractivity contribution in [3.05, 3.63) is 53.9 Å². The molecule has 1 N–H and O–H groups in total. The van der Waals surface area contributed by atoms with Crippen molar-refractivity contribution in [3.8, 4) is 0 Å². The average molecular weight is 247 g/mol. The third-order valence-corrected chi connectivity index (χ3v) is 2.75. The van der Waals surface area contributed by atoms with E-state index in [2.05, 4.69) is 17.2 Å². The molecule has 0 saturated heterocycles. The summed E-state index contributed by atoms with van der Waals surface area (Å²) in [4.78, 5) is 4.31. The van der Waals surface area contributed by atoms with Crippen molar-refractivity contribution in [1.29, 1.82) is 0 Å². The molecule has 1 aromatic heterocycles. The molecule has 2 rings (SSSR count). The second kappa shape index (κ2) is 6.31. The smallest absolute Gasteiger partial charge is 0.123 e. The van der Waals surface area contributed by atoms with E-state index in [0.717, 1.165) is 30.9 Å². The molecule has 0 radical (unpaired) electrons. The van der Waals surface area contributed by atoms with E-state index in [9.17, 15) is 4.39 Å². The van der Waals surface area contributed by atoms with Gasteiger partial charge in [-0.25, -0.2) is 9.37 Å². The van der Waals surface area contributed by atoms with E-state index in [0.29, 0.717) is 6.54 Å². The zero-order valence-corrected chi connectivity index (χ0v) is 10.6. The fraction of sp³-hybridized carbons (Fsp3) is 0.357. The van der Waals surface area contributed by atoms with E-state index in [4.69, 9.17) is 0 Å². The molecule has 1 heterocycles. The predicted molar refractivity (Wildman–Crippen MR) is 69.7 cm³/mol. The number of hydrogen-bond acceptors (Lipinski definition) is 2. The summed E-state index contributed by atoms with van der Waals surface area (Å²) in [7, 11) is 0. The number of rotatable bonds is 6. The Labute approximate surface area is 107 Å². The normalized spacial score (nSPS) is 10.8. The Balaban J connectivity index is 2.03. The van der Waals surface area contributed by atoms with Crippen molar-refractivity contribution in [1.82, 2.24) is 14.9 Å². The topological polar surface area (TPSA) is 29.9 Å². The third-order valence-electron chi connectivity index (χ3n) is 2.75. The van der Waals surface area contributed by atoms with E-state index < -0.39 is 0 Å². The van der Waals surface area contributed by atoms with Crippen LogP contribution in [-0.2, 0) is 13.1 Å². The lowest BCUT2D eigenvalue weighted by Gasteiger charge is -2.08. The van der Waals surface area contributed by atoms with Gasteiger partial charge in [0.15, 0.2) is 0 Å². The molecule has 0 atom stereocenters. The van der Waals surface area contributed by atoms with Crippen LogP contribution in [0, 0.1) is 5.82 Å². The summed E-state index contributed by atoms with van der Waals surface area (Å²) < 4.78 is 15.1. The SMILES string of the molecule is CCCNCc1nccn1Cc1cccc(F)c1. The highest BCUT2D eigenvalue weighted by atomic mass is 19.1. The molecule has 2 aromatic rings. The van der Waals surface area contributed by atoms with Crippen molar-refractivity contribution in [2.75, 3.05) is 6.54 Å². The minimum atomic E-state index is -0.196. The standard InChI is InChI=1S/C14H18FN3/c1-2-6-16-10-14-17-7-8-18(14)11-12-4-3-5-13(15)9-12/h3-5,7-9,16H,2,6,10-11H2,1H3. The van der Waals surface area contributed by atoms with Gasteiger partial charge in [-0.15, -0.1) is 0 Å². The molecule has 0 aliphatic carbocycles.